The van der Waals surface area contributed by atoms with Crippen LogP contribution < -0.4 is 14.4 Å². The number of sulfonamides is 1. The quantitative estimate of drug-likeness (QED) is 0.515. The number of nitrogens with zero attached hydrogens (tertiary/aromatic N) is 1. The maximum atomic E-state index is 12.7. The molecule has 0 unspecified atom stereocenters. The van der Waals surface area contributed by atoms with Crippen molar-refractivity contribution < 1.29 is 17.9 Å². The van der Waals surface area contributed by atoms with E-state index in [0.717, 1.165) is 24.2 Å². The lowest BCUT2D eigenvalue weighted by Gasteiger charge is -2.19. The Labute approximate surface area is 183 Å². The van der Waals surface area contributed by atoms with Gasteiger partial charge in [-0.25, -0.2) is 8.42 Å². The van der Waals surface area contributed by atoms with Crippen molar-refractivity contribution in [2.75, 3.05) is 25.0 Å². The molecule has 0 heterocycles. The van der Waals surface area contributed by atoms with Gasteiger partial charge in [-0.1, -0.05) is 30.3 Å². The molecule has 7 heteroatoms. The second-order valence-corrected chi connectivity index (χ2v) is 9.01. The van der Waals surface area contributed by atoms with Crippen LogP contribution in [0.15, 0.2) is 83.8 Å². The van der Waals surface area contributed by atoms with Crippen LogP contribution in [0, 0.1) is 0 Å². The minimum absolute atomic E-state index is 0.189. The summed E-state index contributed by atoms with van der Waals surface area (Å²) in [6, 6.07) is 22.6. The van der Waals surface area contributed by atoms with E-state index >= 15 is 0 Å². The summed E-state index contributed by atoms with van der Waals surface area (Å²) < 4.78 is 31.9. The van der Waals surface area contributed by atoms with Crippen LogP contribution in [0.2, 0.25) is 0 Å². The molecule has 0 aliphatic rings. The highest BCUT2D eigenvalue weighted by Crippen LogP contribution is 2.22. The summed E-state index contributed by atoms with van der Waals surface area (Å²) in [5.74, 6) is 0.631. The van der Waals surface area contributed by atoms with Crippen molar-refractivity contribution in [3.63, 3.8) is 0 Å². The number of aryl methyl sites for hydroxylation is 1. The van der Waals surface area contributed by atoms with Crippen LogP contribution >= 0.6 is 0 Å². The van der Waals surface area contributed by atoms with Crippen LogP contribution in [0.1, 0.15) is 22.3 Å². The third kappa shape index (κ3) is 5.64. The van der Waals surface area contributed by atoms with Crippen molar-refractivity contribution in [3.05, 3.63) is 90.0 Å². The normalized spacial score (nSPS) is 11.0. The van der Waals surface area contributed by atoms with Crippen LogP contribution in [0.3, 0.4) is 0 Å². The van der Waals surface area contributed by atoms with Gasteiger partial charge in [0.25, 0.3) is 15.9 Å². The van der Waals surface area contributed by atoms with Gasteiger partial charge in [0.1, 0.15) is 5.75 Å². The number of carbonyl (C=O) groups is 1. The van der Waals surface area contributed by atoms with Crippen molar-refractivity contribution in [1.29, 1.82) is 0 Å². The molecule has 3 aromatic carbocycles. The molecule has 0 aromatic heterocycles. The van der Waals surface area contributed by atoms with Gasteiger partial charge in [0.15, 0.2) is 0 Å². The molecule has 3 aromatic rings. The Morgan fingerprint density at radius 2 is 1.68 bits per heavy atom. The lowest BCUT2D eigenvalue weighted by molar-refractivity contribution is 0.0953. The molecule has 31 heavy (non-hydrogen) atoms. The molecule has 0 spiro atoms. The highest BCUT2D eigenvalue weighted by atomic mass is 32.2. The van der Waals surface area contributed by atoms with E-state index < -0.39 is 10.0 Å². The summed E-state index contributed by atoms with van der Waals surface area (Å²) in [5, 5.41) is 2.90. The molecule has 0 atom stereocenters. The van der Waals surface area contributed by atoms with E-state index in [-0.39, 0.29) is 10.8 Å². The SMILES string of the molecule is COc1cccc(CCCNC(=O)c2ccc(N(C)S(=O)(=O)c3ccccc3)cc2)c1. The van der Waals surface area contributed by atoms with Gasteiger partial charge in [-0.15, -0.1) is 0 Å². The van der Waals surface area contributed by atoms with Crippen LogP contribution in [0.4, 0.5) is 5.69 Å². The average Bonchev–Trinajstić information content (AvgIpc) is 2.82. The van der Waals surface area contributed by atoms with Crippen molar-refractivity contribution in [1.82, 2.24) is 5.32 Å². The molecule has 0 radical (unpaired) electrons. The number of anilines is 1. The van der Waals surface area contributed by atoms with Gasteiger partial charge >= 0.3 is 0 Å². The highest BCUT2D eigenvalue weighted by molar-refractivity contribution is 7.92. The third-order valence-corrected chi connectivity index (χ3v) is 6.76. The molecule has 1 N–H and O–H groups in total. The number of amides is 1. The van der Waals surface area contributed by atoms with E-state index in [0.29, 0.717) is 17.8 Å². The second-order valence-electron chi connectivity index (χ2n) is 7.04. The predicted molar refractivity (Wildman–Crippen MR) is 122 cm³/mol. The molecule has 0 fully saturated rings. The van der Waals surface area contributed by atoms with Gasteiger partial charge in [0.2, 0.25) is 0 Å². The van der Waals surface area contributed by atoms with E-state index in [1.807, 2.05) is 24.3 Å². The summed E-state index contributed by atoms with van der Waals surface area (Å²) in [6.45, 7) is 0.542. The monoisotopic (exact) mass is 438 g/mol. The van der Waals surface area contributed by atoms with Gasteiger partial charge in [0, 0.05) is 19.2 Å². The summed E-state index contributed by atoms with van der Waals surface area (Å²) >= 11 is 0. The first-order valence-electron chi connectivity index (χ1n) is 9.97. The number of hydrogen-bond donors (Lipinski definition) is 1. The van der Waals surface area contributed by atoms with E-state index in [2.05, 4.69) is 5.32 Å². The third-order valence-electron chi connectivity index (χ3n) is 4.96. The summed E-state index contributed by atoms with van der Waals surface area (Å²) in [6.07, 6.45) is 1.63. The highest BCUT2D eigenvalue weighted by Gasteiger charge is 2.21. The maximum Gasteiger partial charge on any atom is 0.264 e. The Kier molecular flexibility index (Phi) is 7.31. The van der Waals surface area contributed by atoms with Crippen LogP contribution in [-0.4, -0.2) is 35.0 Å². The zero-order valence-corrected chi connectivity index (χ0v) is 18.4. The number of hydrogen-bond acceptors (Lipinski definition) is 4. The van der Waals surface area contributed by atoms with Gasteiger partial charge in [-0.05, 0) is 66.9 Å². The van der Waals surface area contributed by atoms with E-state index in [9.17, 15) is 13.2 Å². The molecule has 6 nitrogen and oxygen atoms in total. The molecule has 3 rings (SSSR count). The first kappa shape index (κ1) is 22.4. The standard InChI is InChI=1S/C24H26N2O4S/c1-26(31(28,29)23-11-4-3-5-12-23)21-15-13-20(14-16-21)24(27)25-17-7-9-19-8-6-10-22(18-19)30-2/h3-6,8,10-16,18H,7,9,17H2,1-2H3,(H,25,27). The fourth-order valence-electron chi connectivity index (χ4n) is 3.14. The first-order valence-corrected chi connectivity index (χ1v) is 11.4. The number of ether oxygens (including phenoxy) is 1. The van der Waals surface area contributed by atoms with Gasteiger partial charge < -0.3 is 10.1 Å². The van der Waals surface area contributed by atoms with Gasteiger partial charge in [-0.3, -0.25) is 9.10 Å². The topological polar surface area (TPSA) is 75.7 Å². The van der Waals surface area contributed by atoms with E-state index in [1.54, 1.807) is 61.7 Å². The number of rotatable bonds is 9. The van der Waals surface area contributed by atoms with E-state index in [1.165, 1.54) is 11.4 Å². The summed E-state index contributed by atoms with van der Waals surface area (Å²) in [7, 11) is -0.516. The fourth-order valence-corrected chi connectivity index (χ4v) is 4.35. The van der Waals surface area contributed by atoms with Crippen LogP contribution in [0.5, 0.6) is 5.75 Å². The molecular weight excluding hydrogens is 412 g/mol. The van der Waals surface area contributed by atoms with Gasteiger partial charge in [-0.2, -0.15) is 0 Å². The zero-order chi connectivity index (χ0) is 22.3. The number of benzene rings is 3. The van der Waals surface area contributed by atoms with Crippen LogP contribution in [-0.2, 0) is 16.4 Å². The zero-order valence-electron chi connectivity index (χ0n) is 17.6. The molecule has 0 saturated carbocycles. The van der Waals surface area contributed by atoms with Crippen molar-refractivity contribution >= 4 is 21.6 Å². The van der Waals surface area contributed by atoms with E-state index in [4.69, 9.17) is 4.74 Å². The first-order chi connectivity index (χ1) is 14.9. The molecule has 0 bridgehead atoms. The molecular formula is C24H26N2O4S. The Balaban J connectivity index is 1.55. The predicted octanol–water partition coefficient (Wildman–Crippen LogP) is 3.88. The molecule has 1 amide bonds. The van der Waals surface area contributed by atoms with Crippen molar-refractivity contribution in [2.45, 2.75) is 17.7 Å². The Bertz CT molecular complexity index is 1110. The van der Waals surface area contributed by atoms with Crippen molar-refractivity contribution in [2.24, 2.45) is 0 Å². The molecule has 162 valence electrons. The minimum atomic E-state index is -3.65. The summed E-state index contributed by atoms with van der Waals surface area (Å²) in [5.41, 5.74) is 2.12. The Morgan fingerprint density at radius 1 is 0.968 bits per heavy atom. The largest absolute Gasteiger partial charge is 0.497 e. The maximum absolute atomic E-state index is 12.7. The fraction of sp³-hybridized carbons (Fsp3) is 0.208. The smallest absolute Gasteiger partial charge is 0.264 e. The molecule has 0 aliphatic heterocycles. The second kappa shape index (κ2) is 10.1. The van der Waals surface area contributed by atoms with Crippen molar-refractivity contribution in [3.8, 4) is 5.75 Å². The number of carbonyl (C=O) groups excluding carboxylic acids is 1. The Hall–Kier alpha value is -3.32. The van der Waals surface area contributed by atoms with Crippen LogP contribution in [0.25, 0.3) is 0 Å². The lowest BCUT2D eigenvalue weighted by Crippen LogP contribution is -2.27. The Morgan fingerprint density at radius 3 is 2.35 bits per heavy atom. The van der Waals surface area contributed by atoms with Gasteiger partial charge in [0.05, 0.1) is 17.7 Å². The molecule has 0 saturated heterocycles. The molecule has 0 aliphatic carbocycles. The lowest BCUT2D eigenvalue weighted by atomic mass is 10.1. The number of nitrogens with one attached hydrogen (secondary N) is 1. The minimum Gasteiger partial charge on any atom is -0.497 e. The average molecular weight is 439 g/mol. The summed E-state index contributed by atoms with van der Waals surface area (Å²) in [4.78, 5) is 12.6. The number of methoxy groups -OCH3 is 1.